The van der Waals surface area contributed by atoms with E-state index in [1.807, 2.05) is 30.3 Å². The molecule has 2 aliphatic heterocycles. The number of nitrogens with one attached hydrogen (secondary N) is 1. The van der Waals surface area contributed by atoms with Crippen LogP contribution in [0.2, 0.25) is 0 Å². The Morgan fingerprint density at radius 3 is 2.38 bits per heavy atom. The van der Waals surface area contributed by atoms with Gasteiger partial charge in [0.15, 0.2) is 0 Å². The number of carbonyl (C=O) groups is 1. The summed E-state index contributed by atoms with van der Waals surface area (Å²) in [5, 5.41) is 3.22. The van der Waals surface area contributed by atoms with E-state index in [1.165, 1.54) is 28.9 Å². The Morgan fingerprint density at radius 1 is 0.881 bits per heavy atom. The number of hydrogen-bond donors (Lipinski definition) is 1. The van der Waals surface area contributed by atoms with Crippen molar-refractivity contribution in [3.8, 4) is 0 Å². The van der Waals surface area contributed by atoms with Gasteiger partial charge in [0.2, 0.25) is 11.9 Å². The van der Waals surface area contributed by atoms with Crippen molar-refractivity contribution < 1.29 is 9.18 Å². The second-order valence-corrected chi connectivity index (χ2v) is 11.7. The number of anilines is 2. The molecule has 1 amide bonds. The van der Waals surface area contributed by atoms with Crippen LogP contribution < -0.4 is 15.1 Å². The van der Waals surface area contributed by atoms with Crippen molar-refractivity contribution in [2.24, 2.45) is 5.92 Å². The standard InChI is InChI=1S/C34H41FN6O/c1-25-6-5-9-31(26(25)2)39-22-20-38(21-23-39)19-16-36-33(42)28-14-17-40(18-15-28)34-37-30-7-3-4-8-32(30)41(34)24-27-10-12-29(35)13-11-27/h3-13,28H,14-24H2,1-2H3,(H,36,42). The quantitative estimate of drug-likeness (QED) is 0.325. The van der Waals surface area contributed by atoms with Crippen LogP contribution in [0.15, 0.2) is 66.7 Å². The molecule has 3 aromatic carbocycles. The number of carbonyl (C=O) groups excluding carboxylic acids is 1. The predicted octanol–water partition coefficient (Wildman–Crippen LogP) is 5.00. The summed E-state index contributed by atoms with van der Waals surface area (Å²) in [6, 6.07) is 21.4. The van der Waals surface area contributed by atoms with Crippen LogP contribution in [0.5, 0.6) is 0 Å². The van der Waals surface area contributed by atoms with Gasteiger partial charge in [-0.25, -0.2) is 9.37 Å². The number of aromatic nitrogens is 2. The van der Waals surface area contributed by atoms with E-state index in [1.54, 1.807) is 0 Å². The zero-order valence-electron chi connectivity index (χ0n) is 24.7. The van der Waals surface area contributed by atoms with E-state index in [0.717, 1.165) is 81.2 Å². The van der Waals surface area contributed by atoms with Gasteiger partial charge in [-0.1, -0.05) is 36.4 Å². The monoisotopic (exact) mass is 568 g/mol. The van der Waals surface area contributed by atoms with Gasteiger partial charge in [-0.05, 0) is 73.7 Å². The zero-order chi connectivity index (χ0) is 29.1. The van der Waals surface area contributed by atoms with Crippen LogP contribution in [-0.2, 0) is 11.3 Å². The predicted molar refractivity (Wildman–Crippen MR) is 168 cm³/mol. The number of rotatable bonds is 8. The summed E-state index contributed by atoms with van der Waals surface area (Å²) in [5.41, 5.74) is 7.10. The van der Waals surface area contributed by atoms with Gasteiger partial charge in [0.1, 0.15) is 5.82 Å². The smallest absolute Gasteiger partial charge is 0.223 e. The van der Waals surface area contributed by atoms with Gasteiger partial charge in [-0.3, -0.25) is 9.69 Å². The number of para-hydroxylation sites is 2. The molecule has 1 aromatic heterocycles. The molecular weight excluding hydrogens is 527 g/mol. The van der Waals surface area contributed by atoms with Gasteiger partial charge in [-0.2, -0.15) is 0 Å². The van der Waals surface area contributed by atoms with E-state index in [4.69, 9.17) is 4.98 Å². The summed E-state index contributed by atoms with van der Waals surface area (Å²) in [6.07, 6.45) is 1.61. The second kappa shape index (κ2) is 12.5. The molecule has 2 fully saturated rings. The molecular formula is C34H41FN6O. The third-order valence-electron chi connectivity index (χ3n) is 9.05. The minimum atomic E-state index is -0.231. The molecule has 8 heteroatoms. The van der Waals surface area contributed by atoms with E-state index in [0.29, 0.717) is 13.1 Å². The van der Waals surface area contributed by atoms with Crippen LogP contribution in [-0.4, -0.2) is 72.7 Å². The molecule has 0 radical (unpaired) electrons. The number of fused-ring (bicyclic) bond motifs is 1. The van der Waals surface area contributed by atoms with E-state index in [-0.39, 0.29) is 17.6 Å². The van der Waals surface area contributed by atoms with Gasteiger partial charge in [0.05, 0.1) is 17.6 Å². The van der Waals surface area contributed by atoms with E-state index in [2.05, 4.69) is 62.7 Å². The lowest BCUT2D eigenvalue weighted by atomic mass is 9.96. The lowest BCUT2D eigenvalue weighted by Gasteiger charge is -2.37. The number of aryl methyl sites for hydroxylation is 1. The molecule has 0 aliphatic carbocycles. The van der Waals surface area contributed by atoms with Gasteiger partial charge in [-0.15, -0.1) is 0 Å². The maximum atomic E-state index is 13.5. The molecule has 220 valence electrons. The number of piperazine rings is 1. The Balaban J connectivity index is 0.992. The number of halogens is 1. The van der Waals surface area contributed by atoms with Gasteiger partial charge in [0.25, 0.3) is 0 Å². The van der Waals surface area contributed by atoms with Crippen molar-refractivity contribution >= 4 is 28.6 Å². The number of nitrogens with zero attached hydrogens (tertiary/aromatic N) is 5. The minimum Gasteiger partial charge on any atom is -0.369 e. The summed E-state index contributed by atoms with van der Waals surface area (Å²) in [7, 11) is 0. The van der Waals surface area contributed by atoms with Crippen molar-refractivity contribution in [3.63, 3.8) is 0 Å². The lowest BCUT2D eigenvalue weighted by molar-refractivity contribution is -0.125. The molecule has 2 saturated heterocycles. The average molecular weight is 569 g/mol. The summed E-state index contributed by atoms with van der Waals surface area (Å²) >= 11 is 0. The topological polar surface area (TPSA) is 56.6 Å². The minimum absolute atomic E-state index is 0.0253. The summed E-state index contributed by atoms with van der Waals surface area (Å²) < 4.78 is 15.7. The van der Waals surface area contributed by atoms with Gasteiger partial charge in [0, 0.05) is 64.0 Å². The van der Waals surface area contributed by atoms with Gasteiger partial charge >= 0.3 is 0 Å². The Kier molecular flexibility index (Phi) is 8.42. The van der Waals surface area contributed by atoms with Crippen molar-refractivity contribution in [2.45, 2.75) is 33.2 Å². The lowest BCUT2D eigenvalue weighted by Crippen LogP contribution is -2.49. The fourth-order valence-electron chi connectivity index (χ4n) is 6.35. The first-order valence-electron chi connectivity index (χ1n) is 15.2. The molecule has 0 unspecified atom stereocenters. The van der Waals surface area contributed by atoms with E-state index in [9.17, 15) is 9.18 Å². The van der Waals surface area contributed by atoms with Crippen LogP contribution >= 0.6 is 0 Å². The first kappa shape index (κ1) is 28.2. The maximum absolute atomic E-state index is 13.5. The molecule has 1 N–H and O–H groups in total. The number of hydrogen-bond acceptors (Lipinski definition) is 5. The molecule has 42 heavy (non-hydrogen) atoms. The van der Waals surface area contributed by atoms with Crippen molar-refractivity contribution in [1.82, 2.24) is 19.8 Å². The number of piperidine rings is 1. The summed E-state index contributed by atoms with van der Waals surface area (Å²) in [5.74, 6) is 0.880. The maximum Gasteiger partial charge on any atom is 0.223 e. The Labute approximate surface area is 247 Å². The first-order valence-corrected chi connectivity index (χ1v) is 15.2. The number of benzene rings is 3. The molecule has 4 aromatic rings. The Hall–Kier alpha value is -3.91. The molecule has 0 atom stereocenters. The third kappa shape index (κ3) is 6.14. The molecule has 2 aliphatic rings. The van der Waals surface area contributed by atoms with Crippen LogP contribution in [0.4, 0.5) is 16.0 Å². The first-order chi connectivity index (χ1) is 20.5. The SMILES string of the molecule is Cc1cccc(N2CCN(CCNC(=O)C3CCN(c4nc5ccccc5n4Cc4ccc(F)cc4)CC3)CC2)c1C. The average Bonchev–Trinajstić information content (AvgIpc) is 3.38. The largest absolute Gasteiger partial charge is 0.369 e. The second-order valence-electron chi connectivity index (χ2n) is 11.7. The molecule has 3 heterocycles. The highest BCUT2D eigenvalue weighted by Gasteiger charge is 2.28. The number of imidazole rings is 1. The van der Waals surface area contributed by atoms with E-state index < -0.39 is 0 Å². The Morgan fingerprint density at radius 2 is 1.62 bits per heavy atom. The van der Waals surface area contributed by atoms with Crippen LogP contribution in [0.25, 0.3) is 11.0 Å². The van der Waals surface area contributed by atoms with E-state index >= 15 is 0 Å². The van der Waals surface area contributed by atoms with Crippen molar-refractivity contribution in [2.75, 3.05) is 62.2 Å². The zero-order valence-corrected chi connectivity index (χ0v) is 24.7. The molecule has 0 saturated carbocycles. The molecule has 6 rings (SSSR count). The third-order valence-corrected chi connectivity index (χ3v) is 9.05. The highest BCUT2D eigenvalue weighted by atomic mass is 19.1. The van der Waals surface area contributed by atoms with Crippen molar-refractivity contribution in [3.05, 3.63) is 89.2 Å². The molecule has 7 nitrogen and oxygen atoms in total. The molecule has 0 spiro atoms. The normalized spacial score (nSPS) is 16.7. The highest BCUT2D eigenvalue weighted by molar-refractivity contribution is 5.80. The van der Waals surface area contributed by atoms with Crippen molar-refractivity contribution in [1.29, 1.82) is 0 Å². The fourth-order valence-corrected chi connectivity index (χ4v) is 6.35. The van der Waals surface area contributed by atoms with Crippen LogP contribution in [0.3, 0.4) is 0 Å². The van der Waals surface area contributed by atoms with Crippen LogP contribution in [0, 0.1) is 25.6 Å². The van der Waals surface area contributed by atoms with Crippen LogP contribution in [0.1, 0.15) is 29.5 Å². The number of amides is 1. The Bertz CT molecular complexity index is 1520. The fraction of sp³-hybridized carbons (Fsp3) is 0.412. The summed E-state index contributed by atoms with van der Waals surface area (Å²) in [6.45, 7) is 12.2. The molecule has 0 bridgehead atoms. The van der Waals surface area contributed by atoms with Gasteiger partial charge < -0.3 is 19.7 Å². The highest BCUT2D eigenvalue weighted by Crippen LogP contribution is 2.28. The summed E-state index contributed by atoms with van der Waals surface area (Å²) in [4.78, 5) is 25.3.